The van der Waals surface area contributed by atoms with Crippen LogP contribution >= 0.6 is 0 Å². The summed E-state index contributed by atoms with van der Waals surface area (Å²) >= 11 is 0. The summed E-state index contributed by atoms with van der Waals surface area (Å²) in [6.45, 7) is 3.85. The van der Waals surface area contributed by atoms with Gasteiger partial charge in [-0.3, -0.25) is 9.59 Å². The first-order valence-electron chi connectivity index (χ1n) is 8.52. The van der Waals surface area contributed by atoms with Crippen molar-refractivity contribution in [2.75, 3.05) is 18.9 Å². The van der Waals surface area contributed by atoms with Crippen LogP contribution in [-0.2, 0) is 4.79 Å². The molecule has 3 aromatic rings. The fraction of sp³-hybridized carbons (Fsp3) is 0.200. The van der Waals surface area contributed by atoms with Gasteiger partial charge in [-0.05, 0) is 49.2 Å². The summed E-state index contributed by atoms with van der Waals surface area (Å²) in [5, 5.41) is 6.94. The summed E-state index contributed by atoms with van der Waals surface area (Å²) in [5.74, 6) is -0.459. The maximum Gasteiger partial charge on any atom is 0.254 e. The Morgan fingerprint density at radius 3 is 2.33 bits per heavy atom. The van der Waals surface area contributed by atoms with Gasteiger partial charge in [0.05, 0.1) is 12.2 Å². The highest BCUT2D eigenvalue weighted by molar-refractivity contribution is 5.99. The van der Waals surface area contributed by atoms with Crippen LogP contribution in [0.25, 0.3) is 5.69 Å². The largest absolute Gasteiger partial charge is 0.332 e. The average molecular weight is 363 g/mol. The van der Waals surface area contributed by atoms with Gasteiger partial charge in [-0.25, -0.2) is 9.67 Å². The van der Waals surface area contributed by atoms with Crippen LogP contribution in [0.3, 0.4) is 0 Å². The molecule has 0 radical (unpaired) electrons. The topological polar surface area (TPSA) is 80.1 Å². The van der Waals surface area contributed by atoms with E-state index < -0.39 is 0 Å². The molecule has 0 spiro atoms. The van der Waals surface area contributed by atoms with E-state index in [2.05, 4.69) is 15.4 Å². The number of amides is 2. The maximum atomic E-state index is 12.6. The van der Waals surface area contributed by atoms with E-state index in [1.165, 1.54) is 11.2 Å². The molecule has 0 aliphatic heterocycles. The zero-order valence-electron chi connectivity index (χ0n) is 15.5. The molecular formula is C20H21N5O2. The van der Waals surface area contributed by atoms with E-state index >= 15 is 0 Å². The summed E-state index contributed by atoms with van der Waals surface area (Å²) < 4.78 is 1.61. The lowest BCUT2D eigenvalue weighted by Crippen LogP contribution is -2.35. The Labute approximate surface area is 157 Å². The summed E-state index contributed by atoms with van der Waals surface area (Å²) in [4.78, 5) is 30.2. The fourth-order valence-electron chi connectivity index (χ4n) is 2.80. The number of aryl methyl sites for hydroxylation is 2. The van der Waals surface area contributed by atoms with Crippen molar-refractivity contribution in [2.24, 2.45) is 0 Å². The summed E-state index contributed by atoms with van der Waals surface area (Å²) in [7, 11) is 1.61. The van der Waals surface area contributed by atoms with E-state index in [0.29, 0.717) is 5.56 Å². The number of carbonyl (C=O) groups is 2. The Morgan fingerprint density at radius 2 is 1.74 bits per heavy atom. The number of para-hydroxylation sites is 1. The Bertz CT molecular complexity index is 929. The van der Waals surface area contributed by atoms with Crippen molar-refractivity contribution in [3.05, 3.63) is 71.8 Å². The molecule has 27 heavy (non-hydrogen) atoms. The number of benzene rings is 2. The first-order chi connectivity index (χ1) is 13.0. The van der Waals surface area contributed by atoms with Gasteiger partial charge in [0, 0.05) is 18.3 Å². The van der Waals surface area contributed by atoms with Crippen LogP contribution in [0.1, 0.15) is 21.5 Å². The van der Waals surface area contributed by atoms with Crippen molar-refractivity contribution in [3.63, 3.8) is 0 Å². The van der Waals surface area contributed by atoms with Crippen molar-refractivity contribution in [3.8, 4) is 5.69 Å². The van der Waals surface area contributed by atoms with E-state index in [1.807, 2.05) is 32.0 Å². The highest BCUT2D eigenvalue weighted by Gasteiger charge is 2.16. The third-order valence-corrected chi connectivity index (χ3v) is 4.27. The Hall–Kier alpha value is -3.48. The number of hydrogen-bond donors (Lipinski definition) is 1. The van der Waals surface area contributed by atoms with Gasteiger partial charge in [-0.2, -0.15) is 5.10 Å². The monoisotopic (exact) mass is 363 g/mol. The number of likely N-dealkylation sites (N-methyl/N-ethyl adjacent to an activating group) is 1. The normalized spacial score (nSPS) is 10.5. The maximum absolute atomic E-state index is 12.6. The van der Waals surface area contributed by atoms with Crippen LogP contribution in [0, 0.1) is 13.8 Å². The minimum atomic E-state index is -0.234. The molecule has 1 heterocycles. The second kappa shape index (κ2) is 7.82. The summed E-state index contributed by atoms with van der Waals surface area (Å²) in [5.41, 5.74) is 4.07. The first kappa shape index (κ1) is 18.3. The second-order valence-electron chi connectivity index (χ2n) is 6.36. The van der Waals surface area contributed by atoms with Gasteiger partial charge in [-0.1, -0.05) is 18.2 Å². The molecule has 0 saturated heterocycles. The zero-order chi connectivity index (χ0) is 19.4. The van der Waals surface area contributed by atoms with Gasteiger partial charge >= 0.3 is 0 Å². The van der Waals surface area contributed by atoms with Crippen LogP contribution in [0.15, 0.2) is 55.1 Å². The lowest BCUT2D eigenvalue weighted by Gasteiger charge is -2.18. The van der Waals surface area contributed by atoms with E-state index in [1.54, 1.807) is 42.3 Å². The number of hydrogen-bond acceptors (Lipinski definition) is 4. The van der Waals surface area contributed by atoms with Gasteiger partial charge in [0.15, 0.2) is 0 Å². The molecule has 0 aliphatic rings. The Kier molecular flexibility index (Phi) is 5.30. The molecule has 0 saturated carbocycles. The predicted octanol–water partition coefficient (Wildman–Crippen LogP) is 2.59. The van der Waals surface area contributed by atoms with Crippen LogP contribution < -0.4 is 5.32 Å². The van der Waals surface area contributed by atoms with Gasteiger partial charge < -0.3 is 10.2 Å². The van der Waals surface area contributed by atoms with E-state index in [-0.39, 0.29) is 18.4 Å². The fourth-order valence-corrected chi connectivity index (χ4v) is 2.80. The Morgan fingerprint density at radius 1 is 1.07 bits per heavy atom. The number of nitrogens with one attached hydrogen (secondary N) is 1. The SMILES string of the molecule is Cc1cccc(C)c1NC(=O)CN(C)C(=O)c1ccc(-n2cncn2)cc1. The lowest BCUT2D eigenvalue weighted by molar-refractivity contribution is -0.116. The van der Waals surface area contributed by atoms with Gasteiger partial charge in [-0.15, -0.1) is 0 Å². The van der Waals surface area contributed by atoms with E-state index in [0.717, 1.165) is 22.5 Å². The van der Waals surface area contributed by atoms with Gasteiger partial charge in [0.25, 0.3) is 5.91 Å². The predicted molar refractivity (Wildman–Crippen MR) is 103 cm³/mol. The third kappa shape index (κ3) is 4.20. The Balaban J connectivity index is 1.64. The van der Waals surface area contributed by atoms with E-state index in [4.69, 9.17) is 0 Å². The van der Waals surface area contributed by atoms with Crippen LogP contribution in [0.4, 0.5) is 5.69 Å². The standard InChI is InChI=1S/C20H21N5O2/c1-14-5-4-6-15(2)19(14)23-18(26)11-24(3)20(27)16-7-9-17(10-8-16)25-13-21-12-22-25/h4-10,12-13H,11H2,1-3H3,(H,23,26). The molecule has 1 aromatic heterocycles. The number of rotatable bonds is 5. The molecule has 138 valence electrons. The third-order valence-electron chi connectivity index (χ3n) is 4.27. The lowest BCUT2D eigenvalue weighted by atomic mass is 10.1. The molecule has 7 nitrogen and oxygen atoms in total. The molecule has 3 rings (SSSR count). The summed E-state index contributed by atoms with van der Waals surface area (Å²) in [6.07, 6.45) is 3.03. The molecule has 0 bridgehead atoms. The number of aromatic nitrogens is 3. The smallest absolute Gasteiger partial charge is 0.254 e. The second-order valence-corrected chi connectivity index (χ2v) is 6.36. The first-order valence-corrected chi connectivity index (χ1v) is 8.52. The zero-order valence-corrected chi connectivity index (χ0v) is 15.5. The average Bonchev–Trinajstić information content (AvgIpc) is 3.19. The van der Waals surface area contributed by atoms with Crippen molar-refractivity contribution >= 4 is 17.5 Å². The minimum Gasteiger partial charge on any atom is -0.332 e. The summed E-state index contributed by atoms with van der Waals surface area (Å²) in [6, 6.07) is 12.8. The van der Waals surface area contributed by atoms with Crippen molar-refractivity contribution in [2.45, 2.75) is 13.8 Å². The van der Waals surface area contributed by atoms with Crippen molar-refractivity contribution in [1.82, 2.24) is 19.7 Å². The number of anilines is 1. The van der Waals surface area contributed by atoms with Gasteiger partial charge in [0.1, 0.15) is 12.7 Å². The molecule has 0 unspecified atom stereocenters. The molecule has 0 fully saturated rings. The van der Waals surface area contributed by atoms with Crippen LogP contribution in [0.5, 0.6) is 0 Å². The molecule has 2 amide bonds. The minimum absolute atomic E-state index is 0.0303. The molecule has 0 atom stereocenters. The number of nitrogens with zero attached hydrogens (tertiary/aromatic N) is 4. The highest BCUT2D eigenvalue weighted by atomic mass is 16.2. The quantitative estimate of drug-likeness (QED) is 0.756. The number of carbonyl (C=O) groups excluding carboxylic acids is 2. The molecule has 0 aliphatic carbocycles. The van der Waals surface area contributed by atoms with Gasteiger partial charge in [0.2, 0.25) is 5.91 Å². The molecule has 7 heteroatoms. The molecule has 2 aromatic carbocycles. The van der Waals surface area contributed by atoms with E-state index in [9.17, 15) is 9.59 Å². The molecule has 1 N–H and O–H groups in total. The highest BCUT2D eigenvalue weighted by Crippen LogP contribution is 2.19. The van der Waals surface area contributed by atoms with Crippen molar-refractivity contribution < 1.29 is 9.59 Å². The van der Waals surface area contributed by atoms with Crippen LogP contribution in [-0.4, -0.2) is 45.1 Å². The van der Waals surface area contributed by atoms with Crippen LogP contribution in [0.2, 0.25) is 0 Å². The molecular weight excluding hydrogens is 342 g/mol. The van der Waals surface area contributed by atoms with Crippen molar-refractivity contribution in [1.29, 1.82) is 0 Å².